The Morgan fingerprint density at radius 1 is 1.25 bits per heavy atom. The van der Waals surface area contributed by atoms with Crippen LogP contribution in [0.15, 0.2) is 36.5 Å². The summed E-state index contributed by atoms with van der Waals surface area (Å²) in [6.07, 6.45) is 2.63. The van der Waals surface area contributed by atoms with E-state index in [1.54, 1.807) is 0 Å². The topological polar surface area (TPSA) is 56.7 Å². The molecule has 2 heterocycles. The van der Waals surface area contributed by atoms with Crippen molar-refractivity contribution in [1.29, 1.82) is 0 Å². The largest absolute Gasteiger partial charge is 0.384 e. The van der Waals surface area contributed by atoms with E-state index in [-0.39, 0.29) is 0 Å². The van der Waals surface area contributed by atoms with Gasteiger partial charge in [-0.2, -0.15) is 0 Å². The molecule has 0 saturated heterocycles. The molecule has 2 N–H and O–H groups in total. The van der Waals surface area contributed by atoms with Crippen LogP contribution in [0.2, 0.25) is 0 Å². The van der Waals surface area contributed by atoms with Crippen LogP contribution in [0.4, 0.5) is 5.82 Å². The van der Waals surface area contributed by atoms with Crippen molar-refractivity contribution in [3.05, 3.63) is 53.5 Å². The van der Waals surface area contributed by atoms with Crippen LogP contribution in [-0.4, -0.2) is 14.5 Å². The van der Waals surface area contributed by atoms with Gasteiger partial charge >= 0.3 is 0 Å². The lowest BCUT2D eigenvalue weighted by Gasteiger charge is -2.08. The van der Waals surface area contributed by atoms with E-state index in [4.69, 9.17) is 10.7 Å². The smallest absolute Gasteiger partial charge is 0.123 e. The van der Waals surface area contributed by atoms with Crippen LogP contribution >= 0.6 is 0 Å². The van der Waals surface area contributed by atoms with Gasteiger partial charge in [0.15, 0.2) is 0 Å². The van der Waals surface area contributed by atoms with E-state index in [2.05, 4.69) is 41.6 Å². The molecule has 0 aliphatic rings. The average Bonchev–Trinajstić information content (AvgIpc) is 2.79. The Balaban J connectivity index is 2.06. The van der Waals surface area contributed by atoms with E-state index in [1.165, 1.54) is 11.1 Å². The zero-order valence-corrected chi connectivity index (χ0v) is 11.8. The van der Waals surface area contributed by atoms with Crippen LogP contribution in [0, 0.1) is 6.92 Å². The van der Waals surface area contributed by atoms with Crippen LogP contribution in [0.1, 0.15) is 23.9 Å². The maximum Gasteiger partial charge on any atom is 0.123 e. The van der Waals surface area contributed by atoms with Gasteiger partial charge in [-0.25, -0.2) is 9.97 Å². The number of nitrogens with two attached hydrogens (primary N) is 1. The van der Waals surface area contributed by atoms with Crippen molar-refractivity contribution >= 4 is 16.9 Å². The Labute approximate surface area is 118 Å². The van der Waals surface area contributed by atoms with Gasteiger partial charge in [0.2, 0.25) is 0 Å². The first-order valence-corrected chi connectivity index (χ1v) is 6.84. The van der Waals surface area contributed by atoms with Gasteiger partial charge in [0, 0.05) is 19.2 Å². The molecule has 0 bridgehead atoms. The molecule has 0 fully saturated rings. The Kier molecular flexibility index (Phi) is 3.14. The predicted molar refractivity (Wildman–Crippen MR) is 81.6 cm³/mol. The molecule has 4 nitrogen and oxygen atoms in total. The second kappa shape index (κ2) is 4.96. The van der Waals surface area contributed by atoms with E-state index in [9.17, 15) is 0 Å². The predicted octanol–water partition coefficient (Wildman–Crippen LogP) is 2.93. The quantitative estimate of drug-likeness (QED) is 0.793. The highest BCUT2D eigenvalue weighted by atomic mass is 15.1. The van der Waals surface area contributed by atoms with E-state index < -0.39 is 0 Å². The highest BCUT2D eigenvalue weighted by Gasteiger charge is 2.11. The second-order valence-electron chi connectivity index (χ2n) is 4.97. The van der Waals surface area contributed by atoms with Gasteiger partial charge in [-0.1, -0.05) is 12.1 Å². The van der Waals surface area contributed by atoms with Crippen LogP contribution in [0.3, 0.4) is 0 Å². The molecular weight excluding hydrogens is 248 g/mol. The minimum atomic E-state index is 0.565. The molecule has 0 saturated carbocycles. The van der Waals surface area contributed by atoms with Crippen molar-refractivity contribution in [3.63, 3.8) is 0 Å². The minimum absolute atomic E-state index is 0.565. The van der Waals surface area contributed by atoms with Crippen molar-refractivity contribution in [1.82, 2.24) is 14.5 Å². The number of aryl methyl sites for hydroxylation is 2. The SMILES string of the molecule is CCn1c(Cc2cnc(N)cc2C)nc2ccccc21. The number of para-hydroxylation sites is 2. The monoisotopic (exact) mass is 266 g/mol. The van der Waals surface area contributed by atoms with Gasteiger partial charge in [0.1, 0.15) is 11.6 Å². The van der Waals surface area contributed by atoms with E-state index >= 15 is 0 Å². The van der Waals surface area contributed by atoms with Crippen molar-refractivity contribution in [2.45, 2.75) is 26.8 Å². The highest BCUT2D eigenvalue weighted by Crippen LogP contribution is 2.20. The molecule has 3 rings (SSSR count). The number of pyridine rings is 1. The van der Waals surface area contributed by atoms with Crippen LogP contribution in [0.25, 0.3) is 11.0 Å². The summed E-state index contributed by atoms with van der Waals surface area (Å²) in [6.45, 7) is 5.12. The summed E-state index contributed by atoms with van der Waals surface area (Å²) < 4.78 is 2.26. The Hall–Kier alpha value is -2.36. The van der Waals surface area contributed by atoms with Gasteiger partial charge in [-0.15, -0.1) is 0 Å². The van der Waals surface area contributed by atoms with E-state index in [1.807, 2.05) is 18.3 Å². The first-order chi connectivity index (χ1) is 9.69. The molecule has 3 aromatic rings. The summed E-state index contributed by atoms with van der Waals surface area (Å²) in [6, 6.07) is 10.2. The molecule has 0 amide bonds. The maximum atomic E-state index is 5.71. The molecule has 1 aromatic carbocycles. The normalized spacial score (nSPS) is 11.1. The highest BCUT2D eigenvalue weighted by molar-refractivity contribution is 5.76. The fourth-order valence-electron chi connectivity index (χ4n) is 2.57. The summed E-state index contributed by atoms with van der Waals surface area (Å²) >= 11 is 0. The minimum Gasteiger partial charge on any atom is -0.384 e. The van der Waals surface area contributed by atoms with Gasteiger partial charge in [0.25, 0.3) is 0 Å². The number of imidazole rings is 1. The van der Waals surface area contributed by atoms with Gasteiger partial charge < -0.3 is 10.3 Å². The van der Waals surface area contributed by atoms with E-state index in [0.717, 1.165) is 29.9 Å². The lowest BCUT2D eigenvalue weighted by Crippen LogP contribution is -2.04. The van der Waals surface area contributed by atoms with Crippen molar-refractivity contribution < 1.29 is 0 Å². The molecule has 4 heteroatoms. The fourth-order valence-corrected chi connectivity index (χ4v) is 2.57. The number of aromatic nitrogens is 3. The van der Waals surface area contributed by atoms with Crippen LogP contribution in [-0.2, 0) is 13.0 Å². The van der Waals surface area contributed by atoms with Crippen molar-refractivity contribution in [2.24, 2.45) is 0 Å². The molecule has 0 aliphatic carbocycles. The van der Waals surface area contributed by atoms with Gasteiger partial charge in [0.05, 0.1) is 11.0 Å². The second-order valence-corrected chi connectivity index (χ2v) is 4.97. The third-order valence-corrected chi connectivity index (χ3v) is 3.64. The molecular formula is C16H18N4. The standard InChI is InChI=1S/C16H18N4/c1-3-20-14-7-5-4-6-13(14)19-16(20)9-12-10-18-15(17)8-11(12)2/h4-8,10H,3,9H2,1-2H3,(H2,17,18). The number of anilines is 1. The lowest BCUT2D eigenvalue weighted by atomic mass is 10.1. The average molecular weight is 266 g/mol. The molecule has 0 aliphatic heterocycles. The summed E-state index contributed by atoms with van der Waals surface area (Å²) in [5, 5.41) is 0. The zero-order valence-electron chi connectivity index (χ0n) is 11.8. The lowest BCUT2D eigenvalue weighted by molar-refractivity contribution is 0.732. The summed E-state index contributed by atoms with van der Waals surface area (Å²) in [7, 11) is 0. The maximum absolute atomic E-state index is 5.71. The van der Waals surface area contributed by atoms with Crippen LogP contribution in [0.5, 0.6) is 0 Å². The van der Waals surface area contributed by atoms with Crippen molar-refractivity contribution in [2.75, 3.05) is 5.73 Å². The number of rotatable bonds is 3. The third kappa shape index (κ3) is 2.13. The Bertz CT molecular complexity index is 758. The molecule has 2 aromatic heterocycles. The number of hydrogen-bond donors (Lipinski definition) is 1. The van der Waals surface area contributed by atoms with Gasteiger partial charge in [-0.05, 0) is 43.2 Å². The zero-order chi connectivity index (χ0) is 14.1. The number of fused-ring (bicyclic) bond motifs is 1. The van der Waals surface area contributed by atoms with Crippen LogP contribution < -0.4 is 5.73 Å². The Morgan fingerprint density at radius 3 is 2.80 bits per heavy atom. The molecule has 0 spiro atoms. The molecule has 20 heavy (non-hydrogen) atoms. The number of benzene rings is 1. The summed E-state index contributed by atoms with van der Waals surface area (Å²) in [4.78, 5) is 8.93. The third-order valence-electron chi connectivity index (χ3n) is 3.64. The molecule has 102 valence electrons. The number of nitrogens with zero attached hydrogens (tertiary/aromatic N) is 3. The number of nitrogen functional groups attached to an aromatic ring is 1. The first kappa shape index (κ1) is 12.7. The summed E-state index contributed by atoms with van der Waals surface area (Å²) in [5.41, 5.74) is 10.3. The summed E-state index contributed by atoms with van der Waals surface area (Å²) in [5.74, 6) is 1.64. The molecule has 0 atom stereocenters. The fraction of sp³-hybridized carbons (Fsp3) is 0.250. The first-order valence-electron chi connectivity index (χ1n) is 6.84. The Morgan fingerprint density at radius 2 is 2.05 bits per heavy atom. The number of hydrogen-bond acceptors (Lipinski definition) is 3. The van der Waals surface area contributed by atoms with Gasteiger partial charge in [-0.3, -0.25) is 0 Å². The molecule has 0 radical (unpaired) electrons. The van der Waals surface area contributed by atoms with E-state index in [0.29, 0.717) is 5.82 Å². The molecule has 0 unspecified atom stereocenters. The van der Waals surface area contributed by atoms with Crippen molar-refractivity contribution in [3.8, 4) is 0 Å².